The van der Waals surface area contributed by atoms with Gasteiger partial charge < -0.3 is 10.1 Å². The second-order valence-electron chi connectivity index (χ2n) is 6.04. The number of hydrogen-bond acceptors (Lipinski definition) is 4. The summed E-state index contributed by atoms with van der Waals surface area (Å²) >= 11 is 0. The van der Waals surface area contributed by atoms with E-state index < -0.39 is 10.0 Å². The van der Waals surface area contributed by atoms with Crippen molar-refractivity contribution in [2.45, 2.75) is 24.8 Å². The van der Waals surface area contributed by atoms with Gasteiger partial charge in [0.05, 0.1) is 17.9 Å². The first-order valence-corrected chi connectivity index (χ1v) is 9.72. The van der Waals surface area contributed by atoms with Crippen LogP contribution in [0, 0.1) is 6.92 Å². The maximum atomic E-state index is 12.4. The van der Waals surface area contributed by atoms with E-state index in [-0.39, 0.29) is 30.4 Å². The van der Waals surface area contributed by atoms with Crippen LogP contribution in [0.25, 0.3) is 0 Å². The summed E-state index contributed by atoms with van der Waals surface area (Å²) in [6.45, 7) is 2.35. The lowest BCUT2D eigenvalue weighted by Gasteiger charge is -2.15. The topological polar surface area (TPSA) is 75.7 Å². The number of benzene rings is 2. The number of sulfonamides is 1. The second kappa shape index (κ2) is 8.82. The van der Waals surface area contributed by atoms with E-state index in [1.165, 1.54) is 20.2 Å². The average Bonchev–Trinajstić information content (AvgIpc) is 2.61. The maximum Gasteiger partial charge on any atom is 0.242 e. The molecule has 2 aromatic carbocycles. The van der Waals surface area contributed by atoms with Gasteiger partial charge in [0, 0.05) is 20.6 Å². The summed E-state index contributed by atoms with van der Waals surface area (Å²) < 4.78 is 31.5. The molecule has 0 radical (unpaired) electrons. The molecule has 0 aliphatic carbocycles. The van der Waals surface area contributed by atoms with Crippen LogP contribution in [0.1, 0.15) is 17.5 Å². The molecular formula is C19H24N2O4S. The third-order valence-corrected chi connectivity index (χ3v) is 5.80. The minimum atomic E-state index is -3.56. The molecule has 26 heavy (non-hydrogen) atoms. The van der Waals surface area contributed by atoms with E-state index in [0.717, 1.165) is 15.6 Å². The summed E-state index contributed by atoms with van der Waals surface area (Å²) in [5, 5.41) is 2.75. The van der Waals surface area contributed by atoms with E-state index in [1.807, 2.05) is 31.2 Å². The van der Waals surface area contributed by atoms with Crippen molar-refractivity contribution in [1.29, 1.82) is 0 Å². The lowest BCUT2D eigenvalue weighted by molar-refractivity contribution is -0.121. The molecule has 0 atom stereocenters. The first-order chi connectivity index (χ1) is 12.3. The van der Waals surface area contributed by atoms with Crippen molar-refractivity contribution in [2.24, 2.45) is 0 Å². The zero-order valence-corrected chi connectivity index (χ0v) is 16.0. The third-order valence-electron chi connectivity index (χ3n) is 3.89. The molecule has 0 aliphatic rings. The number of nitrogens with zero attached hydrogens (tertiary/aromatic N) is 1. The smallest absolute Gasteiger partial charge is 0.242 e. The van der Waals surface area contributed by atoms with Crippen LogP contribution in [0.5, 0.6) is 5.75 Å². The van der Waals surface area contributed by atoms with Gasteiger partial charge in [-0.05, 0) is 30.2 Å². The largest absolute Gasteiger partial charge is 0.493 e. The molecule has 0 aliphatic heterocycles. The summed E-state index contributed by atoms with van der Waals surface area (Å²) in [6.07, 6.45) is 0.191. The Morgan fingerprint density at radius 2 is 1.73 bits per heavy atom. The molecule has 0 saturated carbocycles. The zero-order valence-electron chi connectivity index (χ0n) is 15.2. The third kappa shape index (κ3) is 5.06. The predicted molar refractivity (Wildman–Crippen MR) is 100 cm³/mol. The van der Waals surface area contributed by atoms with Crippen LogP contribution in [-0.4, -0.2) is 39.3 Å². The number of carbonyl (C=O) groups is 1. The van der Waals surface area contributed by atoms with E-state index in [4.69, 9.17) is 4.74 Å². The van der Waals surface area contributed by atoms with E-state index >= 15 is 0 Å². The Labute approximate surface area is 154 Å². The first kappa shape index (κ1) is 19.9. The molecule has 2 rings (SSSR count). The van der Waals surface area contributed by atoms with E-state index in [9.17, 15) is 13.2 Å². The van der Waals surface area contributed by atoms with Gasteiger partial charge in [0.1, 0.15) is 5.75 Å². The molecule has 0 heterocycles. The Kier molecular flexibility index (Phi) is 6.76. The highest BCUT2D eigenvalue weighted by molar-refractivity contribution is 7.89. The van der Waals surface area contributed by atoms with Crippen molar-refractivity contribution < 1.29 is 17.9 Å². The van der Waals surface area contributed by atoms with Gasteiger partial charge in [-0.25, -0.2) is 12.7 Å². The Bertz CT molecular complexity index is 863. The number of ether oxygens (including phenoxy) is 1. The molecule has 0 bridgehead atoms. The Balaban J connectivity index is 1.91. The summed E-state index contributed by atoms with van der Waals surface area (Å²) in [6, 6.07) is 14.2. The molecule has 1 N–H and O–H groups in total. The number of aryl methyl sites for hydroxylation is 1. The van der Waals surface area contributed by atoms with Crippen molar-refractivity contribution in [3.8, 4) is 5.75 Å². The number of rotatable bonds is 8. The quantitative estimate of drug-likeness (QED) is 0.767. The monoisotopic (exact) mass is 376 g/mol. The van der Waals surface area contributed by atoms with Crippen molar-refractivity contribution in [2.75, 3.05) is 20.7 Å². The van der Waals surface area contributed by atoms with Crippen molar-refractivity contribution in [3.63, 3.8) is 0 Å². The number of carbonyl (C=O) groups excluding carboxylic acids is 1. The molecule has 6 nitrogen and oxygen atoms in total. The van der Waals surface area contributed by atoms with Crippen LogP contribution >= 0.6 is 0 Å². The van der Waals surface area contributed by atoms with Crippen molar-refractivity contribution in [3.05, 3.63) is 59.7 Å². The van der Waals surface area contributed by atoms with Crippen molar-refractivity contribution >= 4 is 15.9 Å². The summed E-state index contributed by atoms with van der Waals surface area (Å²) in [7, 11) is -0.596. The Morgan fingerprint density at radius 1 is 1.08 bits per heavy atom. The molecule has 0 unspecified atom stereocenters. The summed E-state index contributed by atoms with van der Waals surface area (Å²) in [4.78, 5) is 12.2. The molecule has 1 amide bonds. The molecule has 140 valence electrons. The van der Waals surface area contributed by atoms with Crippen LogP contribution in [0.15, 0.2) is 53.4 Å². The number of nitrogens with one attached hydrogen (secondary N) is 1. The highest BCUT2D eigenvalue weighted by Gasteiger charge is 2.20. The fourth-order valence-electron chi connectivity index (χ4n) is 2.35. The number of amides is 1. The standard InChI is InChI=1S/C19H24N2O4S/c1-15-8-4-6-10-17(15)25-13-12-19(22)20-14-16-9-5-7-11-18(16)26(23,24)21(2)3/h4-11H,12-14H2,1-3H3,(H,20,22). The molecule has 2 aromatic rings. The van der Waals surface area contributed by atoms with Crippen LogP contribution in [0.3, 0.4) is 0 Å². The molecule has 0 spiro atoms. The van der Waals surface area contributed by atoms with Gasteiger partial charge >= 0.3 is 0 Å². The molecular weight excluding hydrogens is 352 g/mol. The van der Waals surface area contributed by atoms with Crippen molar-refractivity contribution in [1.82, 2.24) is 9.62 Å². The van der Waals surface area contributed by atoms with E-state index in [2.05, 4.69) is 5.32 Å². The number of hydrogen-bond donors (Lipinski definition) is 1. The lowest BCUT2D eigenvalue weighted by Crippen LogP contribution is -2.27. The van der Waals surface area contributed by atoms with Crippen LogP contribution in [-0.2, 0) is 21.4 Å². The fourth-order valence-corrected chi connectivity index (χ4v) is 3.47. The van der Waals surface area contributed by atoms with E-state index in [0.29, 0.717) is 5.56 Å². The molecule has 0 aromatic heterocycles. The molecule has 0 saturated heterocycles. The Hall–Kier alpha value is -2.38. The maximum absolute atomic E-state index is 12.4. The normalized spacial score (nSPS) is 11.4. The van der Waals surface area contributed by atoms with Gasteiger partial charge in [0.2, 0.25) is 15.9 Å². The summed E-state index contributed by atoms with van der Waals surface area (Å²) in [5.41, 5.74) is 1.56. The minimum Gasteiger partial charge on any atom is -0.493 e. The van der Waals surface area contributed by atoms with Crippen LogP contribution in [0.4, 0.5) is 0 Å². The predicted octanol–water partition coefficient (Wildman–Crippen LogP) is 2.33. The lowest BCUT2D eigenvalue weighted by atomic mass is 10.2. The SMILES string of the molecule is Cc1ccccc1OCCC(=O)NCc1ccccc1S(=O)(=O)N(C)C. The van der Waals surface area contributed by atoms with Gasteiger partial charge in [0.25, 0.3) is 0 Å². The minimum absolute atomic E-state index is 0.145. The summed E-state index contributed by atoms with van der Waals surface area (Å²) in [5.74, 6) is 0.554. The zero-order chi connectivity index (χ0) is 19.2. The van der Waals surface area contributed by atoms with Gasteiger partial charge in [-0.2, -0.15) is 0 Å². The number of para-hydroxylation sites is 1. The molecule has 0 fully saturated rings. The van der Waals surface area contributed by atoms with Gasteiger partial charge in [-0.3, -0.25) is 4.79 Å². The fraction of sp³-hybridized carbons (Fsp3) is 0.316. The highest BCUT2D eigenvalue weighted by atomic mass is 32.2. The average molecular weight is 376 g/mol. The first-order valence-electron chi connectivity index (χ1n) is 8.28. The Morgan fingerprint density at radius 3 is 2.42 bits per heavy atom. The second-order valence-corrected chi connectivity index (χ2v) is 8.16. The van der Waals surface area contributed by atoms with Crippen LogP contribution in [0.2, 0.25) is 0 Å². The highest BCUT2D eigenvalue weighted by Crippen LogP contribution is 2.18. The van der Waals surface area contributed by atoms with Gasteiger partial charge in [0.15, 0.2) is 0 Å². The van der Waals surface area contributed by atoms with E-state index in [1.54, 1.807) is 18.2 Å². The van der Waals surface area contributed by atoms with Gasteiger partial charge in [-0.15, -0.1) is 0 Å². The van der Waals surface area contributed by atoms with Crippen LogP contribution < -0.4 is 10.1 Å². The molecule has 7 heteroatoms. The van der Waals surface area contributed by atoms with Gasteiger partial charge in [-0.1, -0.05) is 36.4 Å².